The van der Waals surface area contributed by atoms with Gasteiger partial charge in [-0.2, -0.15) is 12.7 Å². The maximum Gasteiger partial charge on any atom is 0.374 e. The number of benzene rings is 1. The van der Waals surface area contributed by atoms with Crippen LogP contribution in [0.15, 0.2) is 24.3 Å². The van der Waals surface area contributed by atoms with Gasteiger partial charge in [-0.1, -0.05) is 33.7 Å². The predicted octanol–water partition coefficient (Wildman–Crippen LogP) is 1.41. The SMILES string of the molecule is Cc1cccc(COC2CN(S(=O)(=O)F)C2)c1. The highest BCUT2D eigenvalue weighted by atomic mass is 32.3. The maximum atomic E-state index is 12.5. The first-order valence-electron chi connectivity index (χ1n) is 5.32. The van der Waals surface area contributed by atoms with Crippen molar-refractivity contribution in [3.63, 3.8) is 0 Å². The van der Waals surface area contributed by atoms with Gasteiger partial charge >= 0.3 is 10.4 Å². The second kappa shape index (κ2) is 4.72. The van der Waals surface area contributed by atoms with Gasteiger partial charge in [-0.3, -0.25) is 0 Å². The molecule has 0 unspecified atom stereocenters. The van der Waals surface area contributed by atoms with E-state index < -0.39 is 10.4 Å². The fourth-order valence-electron chi connectivity index (χ4n) is 1.70. The highest BCUT2D eigenvalue weighted by Gasteiger charge is 2.36. The lowest BCUT2D eigenvalue weighted by atomic mass is 10.1. The summed E-state index contributed by atoms with van der Waals surface area (Å²) in [6.07, 6.45) is -0.207. The standard InChI is InChI=1S/C11H14FNO3S/c1-9-3-2-4-10(5-9)8-16-11-6-13(7-11)17(12,14)15/h2-5,11H,6-8H2,1H3. The van der Waals surface area contributed by atoms with E-state index in [0.717, 1.165) is 15.4 Å². The molecular weight excluding hydrogens is 245 g/mol. The minimum Gasteiger partial charge on any atom is -0.371 e. The van der Waals surface area contributed by atoms with E-state index in [0.29, 0.717) is 6.61 Å². The average molecular weight is 259 g/mol. The van der Waals surface area contributed by atoms with E-state index in [4.69, 9.17) is 4.74 Å². The summed E-state index contributed by atoms with van der Waals surface area (Å²) in [6.45, 7) is 2.62. The Morgan fingerprint density at radius 3 is 2.76 bits per heavy atom. The number of ether oxygens (including phenoxy) is 1. The smallest absolute Gasteiger partial charge is 0.371 e. The molecule has 94 valence electrons. The van der Waals surface area contributed by atoms with Crippen LogP contribution in [0.2, 0.25) is 0 Å². The van der Waals surface area contributed by atoms with Crippen LogP contribution in [0.4, 0.5) is 3.89 Å². The molecule has 6 heteroatoms. The first-order valence-corrected chi connectivity index (χ1v) is 6.66. The van der Waals surface area contributed by atoms with Gasteiger partial charge in [0.2, 0.25) is 0 Å². The second-order valence-corrected chi connectivity index (χ2v) is 5.52. The third-order valence-electron chi connectivity index (χ3n) is 2.69. The Kier molecular flexibility index (Phi) is 3.46. The van der Waals surface area contributed by atoms with E-state index in [1.807, 2.05) is 31.2 Å². The molecule has 0 amide bonds. The van der Waals surface area contributed by atoms with E-state index in [9.17, 15) is 12.3 Å². The summed E-state index contributed by atoms with van der Waals surface area (Å²) in [7, 11) is -4.54. The topological polar surface area (TPSA) is 46.6 Å². The van der Waals surface area contributed by atoms with Gasteiger partial charge in [0.15, 0.2) is 0 Å². The minimum atomic E-state index is -4.54. The van der Waals surface area contributed by atoms with Gasteiger partial charge < -0.3 is 4.74 Å². The lowest BCUT2D eigenvalue weighted by Crippen LogP contribution is -2.53. The van der Waals surface area contributed by atoms with Gasteiger partial charge in [0.05, 0.1) is 12.7 Å². The Hall–Kier alpha value is -0.980. The normalized spacial score (nSPS) is 18.0. The maximum absolute atomic E-state index is 12.5. The summed E-state index contributed by atoms with van der Waals surface area (Å²) in [5.74, 6) is 0. The van der Waals surface area contributed by atoms with Crippen LogP contribution in [-0.2, 0) is 21.8 Å². The molecule has 0 saturated carbocycles. The van der Waals surface area contributed by atoms with Gasteiger partial charge in [-0.05, 0) is 12.5 Å². The van der Waals surface area contributed by atoms with Crippen molar-refractivity contribution in [1.82, 2.24) is 4.31 Å². The molecule has 1 heterocycles. The highest BCUT2D eigenvalue weighted by Crippen LogP contribution is 2.18. The van der Waals surface area contributed by atoms with E-state index >= 15 is 0 Å². The molecule has 1 aromatic rings. The largest absolute Gasteiger partial charge is 0.374 e. The average Bonchev–Trinajstić information content (AvgIpc) is 2.13. The van der Waals surface area contributed by atoms with Crippen molar-refractivity contribution in [2.24, 2.45) is 0 Å². The van der Waals surface area contributed by atoms with Crippen LogP contribution in [0.1, 0.15) is 11.1 Å². The van der Waals surface area contributed by atoms with Gasteiger partial charge in [0.1, 0.15) is 0 Å². The van der Waals surface area contributed by atoms with Crippen molar-refractivity contribution in [3.8, 4) is 0 Å². The first kappa shape index (κ1) is 12.5. The van der Waals surface area contributed by atoms with Crippen molar-refractivity contribution in [2.75, 3.05) is 13.1 Å². The Morgan fingerprint density at radius 1 is 1.47 bits per heavy atom. The summed E-state index contributed by atoms with van der Waals surface area (Å²) in [5, 5.41) is 0. The molecule has 0 atom stereocenters. The number of aryl methyl sites for hydroxylation is 1. The molecule has 2 rings (SSSR count). The Balaban J connectivity index is 1.79. The summed E-state index contributed by atoms with van der Waals surface area (Å²) < 4.78 is 39.7. The minimum absolute atomic E-state index is 0.102. The zero-order valence-corrected chi connectivity index (χ0v) is 10.3. The third kappa shape index (κ3) is 3.24. The second-order valence-electron chi connectivity index (χ2n) is 4.18. The van der Waals surface area contributed by atoms with E-state index in [1.54, 1.807) is 0 Å². The summed E-state index contributed by atoms with van der Waals surface area (Å²) in [6, 6.07) is 7.87. The van der Waals surface area contributed by atoms with Gasteiger partial charge in [0, 0.05) is 13.1 Å². The van der Waals surface area contributed by atoms with Gasteiger partial charge in [0.25, 0.3) is 0 Å². The Labute approximate surface area is 100 Å². The zero-order valence-electron chi connectivity index (χ0n) is 9.47. The van der Waals surface area contributed by atoms with Crippen molar-refractivity contribution >= 4 is 10.4 Å². The molecule has 1 fully saturated rings. The van der Waals surface area contributed by atoms with E-state index in [1.165, 1.54) is 0 Å². The van der Waals surface area contributed by atoms with Crippen LogP contribution in [0.3, 0.4) is 0 Å². The fourth-order valence-corrected chi connectivity index (χ4v) is 2.39. The van der Waals surface area contributed by atoms with Crippen molar-refractivity contribution < 1.29 is 17.0 Å². The summed E-state index contributed by atoms with van der Waals surface area (Å²) in [5.41, 5.74) is 2.18. The molecule has 4 nitrogen and oxygen atoms in total. The van der Waals surface area contributed by atoms with Gasteiger partial charge in [-0.25, -0.2) is 0 Å². The lowest BCUT2D eigenvalue weighted by molar-refractivity contribution is -0.0311. The predicted molar refractivity (Wildman–Crippen MR) is 61.4 cm³/mol. The van der Waals surface area contributed by atoms with Crippen LogP contribution in [0, 0.1) is 6.92 Å². The molecule has 0 bridgehead atoms. The Morgan fingerprint density at radius 2 is 2.18 bits per heavy atom. The molecule has 1 aliphatic heterocycles. The first-order chi connectivity index (χ1) is 7.95. The quantitative estimate of drug-likeness (QED) is 0.768. The molecular formula is C11H14FNO3S. The molecule has 0 aromatic heterocycles. The van der Waals surface area contributed by atoms with Crippen LogP contribution < -0.4 is 0 Å². The molecule has 0 N–H and O–H groups in total. The number of hydrogen-bond donors (Lipinski definition) is 0. The van der Waals surface area contributed by atoms with Gasteiger partial charge in [-0.15, -0.1) is 0 Å². The molecule has 1 aliphatic rings. The molecule has 0 radical (unpaired) electrons. The third-order valence-corrected chi connectivity index (χ3v) is 3.61. The summed E-state index contributed by atoms with van der Waals surface area (Å²) >= 11 is 0. The highest BCUT2D eigenvalue weighted by molar-refractivity contribution is 7.84. The number of nitrogens with zero attached hydrogens (tertiary/aromatic N) is 1. The van der Waals surface area contributed by atoms with Crippen LogP contribution >= 0.6 is 0 Å². The van der Waals surface area contributed by atoms with E-state index in [-0.39, 0.29) is 19.2 Å². The van der Waals surface area contributed by atoms with Crippen LogP contribution in [-0.4, -0.2) is 31.9 Å². The molecule has 17 heavy (non-hydrogen) atoms. The molecule has 1 saturated heterocycles. The molecule has 0 spiro atoms. The number of hydrogen-bond acceptors (Lipinski definition) is 3. The van der Waals surface area contributed by atoms with Crippen molar-refractivity contribution in [3.05, 3.63) is 35.4 Å². The fraction of sp³-hybridized carbons (Fsp3) is 0.455. The number of halogens is 1. The van der Waals surface area contributed by atoms with Crippen LogP contribution in [0.5, 0.6) is 0 Å². The lowest BCUT2D eigenvalue weighted by Gasteiger charge is -2.34. The summed E-state index contributed by atoms with van der Waals surface area (Å²) in [4.78, 5) is 0. The Bertz CT molecular complexity index is 497. The molecule has 0 aliphatic carbocycles. The monoisotopic (exact) mass is 259 g/mol. The van der Waals surface area contributed by atoms with E-state index in [2.05, 4.69) is 0 Å². The van der Waals surface area contributed by atoms with Crippen molar-refractivity contribution in [1.29, 1.82) is 0 Å². The number of rotatable bonds is 4. The van der Waals surface area contributed by atoms with Crippen LogP contribution in [0.25, 0.3) is 0 Å². The molecule has 1 aromatic carbocycles. The van der Waals surface area contributed by atoms with Crippen molar-refractivity contribution in [2.45, 2.75) is 19.6 Å². The zero-order chi connectivity index (χ0) is 12.5.